The summed E-state index contributed by atoms with van der Waals surface area (Å²) in [4.78, 5) is 0. The van der Waals surface area contributed by atoms with Crippen LogP contribution >= 0.6 is 0 Å². The molecule has 0 atom stereocenters. The van der Waals surface area contributed by atoms with Crippen molar-refractivity contribution in [2.75, 3.05) is 14.1 Å². The van der Waals surface area contributed by atoms with Gasteiger partial charge in [0.25, 0.3) is 0 Å². The number of alkyl halides is 3. The predicted octanol–water partition coefficient (Wildman–Crippen LogP) is 0.449. The molecule has 0 unspecified atom stereocenters. The van der Waals surface area contributed by atoms with E-state index in [9.17, 15) is 20.8 Å². The average Bonchev–Trinajstić information content (AvgIpc) is 1.62. The van der Waals surface area contributed by atoms with Crippen molar-refractivity contribution in [3.05, 3.63) is 0 Å². The molecule has 0 aromatic heterocycles. The van der Waals surface area contributed by atoms with E-state index in [2.05, 4.69) is 0 Å². The van der Waals surface area contributed by atoms with Gasteiger partial charge in [-0.25, -0.2) is 0 Å². The second kappa shape index (κ2) is 2.48. The molecule has 0 aromatic rings. The fraction of sp³-hybridized carbons (Fsp3) is 1.00. The molecule has 3 nitrogen and oxygen atoms in total. The molecule has 7 heteroatoms. The molecule has 0 aliphatic rings. The Morgan fingerprint density at radius 1 is 1.20 bits per heavy atom. The molecule has 0 aliphatic carbocycles. The van der Waals surface area contributed by atoms with Gasteiger partial charge in [-0.3, -0.25) is 0 Å². The van der Waals surface area contributed by atoms with Crippen LogP contribution in [-0.2, 0) is 7.67 Å². The molecule has 10 heavy (non-hydrogen) atoms. The zero-order valence-electron chi connectivity index (χ0n) is 5.31. The van der Waals surface area contributed by atoms with Gasteiger partial charge in [0.15, 0.2) is 0 Å². The zero-order chi connectivity index (χ0) is 8.58. The molecule has 0 aromatic carbocycles. The average molecular weight is 224 g/mol. The Bertz CT molecular complexity index is 204. The summed E-state index contributed by atoms with van der Waals surface area (Å²) in [5.41, 5.74) is 0. The molecule has 0 radical (unpaired) electrons. The Morgan fingerprint density at radius 3 is 1.50 bits per heavy atom. The van der Waals surface area contributed by atoms with Crippen LogP contribution in [0.5, 0.6) is 0 Å². The maximum absolute atomic E-state index is 11.5. The van der Waals surface area contributed by atoms with Crippen molar-refractivity contribution < 1.29 is 20.8 Å². The monoisotopic (exact) mass is 225 g/mol. The van der Waals surface area contributed by atoms with Gasteiger partial charge in [0.1, 0.15) is 0 Å². The molecule has 0 rings (SSSR count). The first-order chi connectivity index (χ1) is 4.19. The Balaban J connectivity index is 4.79. The zero-order valence-corrected chi connectivity index (χ0v) is 7.02. The van der Waals surface area contributed by atoms with E-state index in [1.54, 1.807) is 0 Å². The van der Waals surface area contributed by atoms with Crippen LogP contribution in [0.3, 0.4) is 0 Å². The number of hydrogen-bond donors (Lipinski definition) is 0. The second-order valence-electron chi connectivity index (χ2n) is 1.73. The van der Waals surface area contributed by atoms with Crippen LogP contribution in [0.25, 0.3) is 0 Å². The van der Waals surface area contributed by atoms with Crippen LogP contribution in [0, 0.1) is 0 Å². The molecule has 62 valence electrons. The molecule has 0 saturated heterocycles. The first-order valence-electron chi connectivity index (χ1n) is 2.18. The van der Waals surface area contributed by atoms with E-state index in [0.717, 1.165) is 14.1 Å². The minimum absolute atomic E-state index is 0.191. The Kier molecular flexibility index (Phi) is 2.45. The van der Waals surface area contributed by atoms with E-state index in [-0.39, 0.29) is 3.92 Å². The normalized spacial score (nSPS) is 14.2. The van der Waals surface area contributed by atoms with Crippen molar-refractivity contribution in [2.24, 2.45) is 0 Å². The summed E-state index contributed by atoms with van der Waals surface area (Å²) in [6.45, 7) is 0. The van der Waals surface area contributed by atoms with E-state index in [1.165, 1.54) is 0 Å². The molecule has 0 saturated carbocycles. The molecular formula is C3H6F3NO2Se. The molecule has 0 bridgehead atoms. The van der Waals surface area contributed by atoms with Gasteiger partial charge in [0.2, 0.25) is 0 Å². The van der Waals surface area contributed by atoms with Crippen LogP contribution in [0.1, 0.15) is 0 Å². The van der Waals surface area contributed by atoms with Gasteiger partial charge in [-0.1, -0.05) is 0 Å². The third-order valence-electron chi connectivity index (χ3n) is 0.773. The number of halogens is 3. The number of nitrogens with zero attached hydrogens (tertiary/aromatic N) is 1. The van der Waals surface area contributed by atoms with Crippen LogP contribution < -0.4 is 0 Å². The molecule has 0 amide bonds. The molecule has 0 aliphatic heterocycles. The molecule has 0 N–H and O–H groups in total. The van der Waals surface area contributed by atoms with E-state index in [1.807, 2.05) is 0 Å². The summed E-state index contributed by atoms with van der Waals surface area (Å²) in [7, 11) is 1.71. The van der Waals surface area contributed by atoms with Gasteiger partial charge in [-0.05, 0) is 0 Å². The predicted molar refractivity (Wildman–Crippen MR) is 26.9 cm³/mol. The summed E-state index contributed by atoms with van der Waals surface area (Å²) in [5, 5.41) is -5.11. The topological polar surface area (TPSA) is 37.4 Å². The van der Waals surface area contributed by atoms with Crippen molar-refractivity contribution >= 4 is 12.9 Å². The third-order valence-corrected chi connectivity index (χ3v) is 4.02. The number of rotatable bonds is 1. The molecule has 0 fully saturated rings. The first-order valence-corrected chi connectivity index (χ1v) is 5.20. The van der Waals surface area contributed by atoms with Crippen molar-refractivity contribution in [1.29, 1.82) is 0 Å². The summed E-state index contributed by atoms with van der Waals surface area (Å²) < 4.78 is 55.1. The van der Waals surface area contributed by atoms with Crippen molar-refractivity contribution in [2.45, 2.75) is 5.07 Å². The van der Waals surface area contributed by atoms with Gasteiger partial charge in [-0.2, -0.15) is 0 Å². The van der Waals surface area contributed by atoms with Crippen LogP contribution in [0.2, 0.25) is 0 Å². The Hall–Kier alpha value is -0.131. The van der Waals surface area contributed by atoms with Crippen LogP contribution in [-0.4, -0.2) is 36.0 Å². The van der Waals surface area contributed by atoms with Crippen LogP contribution in [0.4, 0.5) is 13.2 Å². The molecular weight excluding hydrogens is 218 g/mol. The Morgan fingerprint density at radius 2 is 1.50 bits per heavy atom. The Labute approximate surface area is 57.6 Å². The third kappa shape index (κ3) is 1.68. The standard InChI is InChI=1S/C3H6F3NO2Se/c1-7(2)10(8,9)3(4,5)6/h1-2H3. The van der Waals surface area contributed by atoms with Crippen LogP contribution in [0.15, 0.2) is 0 Å². The van der Waals surface area contributed by atoms with Crippen molar-refractivity contribution in [3.63, 3.8) is 0 Å². The second-order valence-corrected chi connectivity index (χ2v) is 6.23. The number of hydrogen-bond acceptors (Lipinski definition) is 2. The van der Waals surface area contributed by atoms with Gasteiger partial charge >= 0.3 is 56.9 Å². The van der Waals surface area contributed by atoms with Crippen molar-refractivity contribution in [3.8, 4) is 0 Å². The van der Waals surface area contributed by atoms with Gasteiger partial charge in [0.05, 0.1) is 0 Å². The minimum atomic E-state index is -5.83. The van der Waals surface area contributed by atoms with E-state index >= 15 is 0 Å². The van der Waals surface area contributed by atoms with Gasteiger partial charge < -0.3 is 0 Å². The van der Waals surface area contributed by atoms with Gasteiger partial charge in [0, 0.05) is 0 Å². The fourth-order valence-electron chi connectivity index (χ4n) is 0.207. The van der Waals surface area contributed by atoms with E-state index in [4.69, 9.17) is 0 Å². The first kappa shape index (κ1) is 9.87. The maximum atomic E-state index is 11.5. The summed E-state index contributed by atoms with van der Waals surface area (Å²) >= 11 is -5.83. The molecule has 0 heterocycles. The van der Waals surface area contributed by atoms with Crippen molar-refractivity contribution in [1.82, 2.24) is 3.92 Å². The quantitative estimate of drug-likeness (QED) is 0.607. The SMILES string of the molecule is CN(C)[Se](=O)(=O)C(F)(F)F. The summed E-state index contributed by atoms with van der Waals surface area (Å²) in [6, 6.07) is 0. The van der Waals surface area contributed by atoms with E-state index in [0.29, 0.717) is 0 Å². The summed E-state index contributed by atoms with van der Waals surface area (Å²) in [6.07, 6.45) is 0. The van der Waals surface area contributed by atoms with E-state index < -0.39 is 18.0 Å². The summed E-state index contributed by atoms with van der Waals surface area (Å²) in [5.74, 6) is 0. The fourth-order valence-corrected chi connectivity index (χ4v) is 1.08. The molecule has 0 spiro atoms. The van der Waals surface area contributed by atoms with Gasteiger partial charge in [-0.15, -0.1) is 0 Å².